The van der Waals surface area contributed by atoms with Crippen LogP contribution in [0.3, 0.4) is 0 Å². The van der Waals surface area contributed by atoms with E-state index in [2.05, 4.69) is 10.5 Å². The van der Waals surface area contributed by atoms with Crippen molar-refractivity contribution in [2.45, 2.75) is 0 Å². The van der Waals surface area contributed by atoms with Crippen LogP contribution < -0.4 is 20.6 Å². The lowest BCUT2D eigenvalue weighted by Crippen LogP contribution is -2.17. The molecule has 4 N–H and O–H groups in total. The number of thiophene rings is 1. The van der Waals surface area contributed by atoms with Gasteiger partial charge in [-0.15, -0.1) is 11.3 Å². The second kappa shape index (κ2) is 8.45. The Balaban J connectivity index is 1.73. The van der Waals surface area contributed by atoms with E-state index in [0.29, 0.717) is 21.9 Å². The number of nitrogens with one attached hydrogen (secondary N) is 1. The summed E-state index contributed by atoms with van der Waals surface area (Å²) >= 11 is 1.27. The first kappa shape index (κ1) is 19.2. The van der Waals surface area contributed by atoms with Gasteiger partial charge in [0.1, 0.15) is 22.1 Å². The lowest BCUT2D eigenvalue weighted by molar-refractivity contribution is 0.0960. The molecule has 28 heavy (non-hydrogen) atoms. The van der Waals surface area contributed by atoms with Crippen LogP contribution in [0.5, 0.6) is 17.2 Å². The zero-order chi connectivity index (χ0) is 20.1. The lowest BCUT2D eigenvalue weighted by Gasteiger charge is -2.03. The average molecular weight is 397 g/mol. The quantitative estimate of drug-likeness (QED) is 0.436. The van der Waals surface area contributed by atoms with Crippen molar-refractivity contribution < 1.29 is 19.4 Å². The van der Waals surface area contributed by atoms with Crippen LogP contribution in [0.4, 0.5) is 5.69 Å². The summed E-state index contributed by atoms with van der Waals surface area (Å²) in [4.78, 5) is 13.6. The minimum Gasteiger partial charge on any atom is -0.507 e. The van der Waals surface area contributed by atoms with Crippen molar-refractivity contribution in [3.63, 3.8) is 0 Å². The number of rotatable bonds is 6. The molecule has 2 aromatic carbocycles. The molecule has 0 atom stereocenters. The first-order chi connectivity index (χ1) is 13.5. The fourth-order valence-electron chi connectivity index (χ4n) is 2.45. The van der Waals surface area contributed by atoms with Gasteiger partial charge >= 0.3 is 0 Å². The molecule has 0 aliphatic carbocycles. The van der Waals surface area contributed by atoms with Crippen molar-refractivity contribution in [1.29, 1.82) is 0 Å². The molecular formula is C20H19N3O4S. The van der Waals surface area contributed by atoms with Gasteiger partial charge in [-0.05, 0) is 54.1 Å². The average Bonchev–Trinajstić information content (AvgIpc) is 3.11. The number of hydrazone groups is 1. The highest BCUT2D eigenvalue weighted by Gasteiger charge is 2.15. The Bertz CT molecular complexity index is 1010. The van der Waals surface area contributed by atoms with E-state index in [1.54, 1.807) is 25.3 Å². The van der Waals surface area contributed by atoms with Crippen molar-refractivity contribution >= 4 is 29.1 Å². The highest BCUT2D eigenvalue weighted by molar-refractivity contribution is 7.18. The third-order valence-corrected chi connectivity index (χ3v) is 5.14. The predicted molar refractivity (Wildman–Crippen MR) is 110 cm³/mol. The van der Waals surface area contributed by atoms with E-state index in [1.807, 2.05) is 24.3 Å². The van der Waals surface area contributed by atoms with Gasteiger partial charge in [-0.2, -0.15) is 5.10 Å². The van der Waals surface area contributed by atoms with Crippen molar-refractivity contribution in [2.24, 2.45) is 5.10 Å². The Hall–Kier alpha value is -3.52. The molecule has 0 spiro atoms. The van der Waals surface area contributed by atoms with Gasteiger partial charge in [0.2, 0.25) is 0 Å². The number of anilines is 1. The number of carbonyl (C=O) groups is 1. The number of ether oxygens (including phenoxy) is 2. The number of nitrogen functional groups attached to an aromatic ring is 1. The molecule has 3 rings (SSSR count). The molecule has 0 bridgehead atoms. The maximum absolute atomic E-state index is 12.4. The van der Waals surface area contributed by atoms with Crippen LogP contribution in [0.1, 0.15) is 15.2 Å². The molecule has 1 heterocycles. The molecule has 3 aromatic rings. The molecule has 8 heteroatoms. The van der Waals surface area contributed by atoms with Crippen LogP contribution in [0, 0.1) is 0 Å². The largest absolute Gasteiger partial charge is 0.507 e. The number of phenols is 1. The summed E-state index contributed by atoms with van der Waals surface area (Å²) in [6.45, 7) is 0. The molecule has 0 aliphatic heterocycles. The number of aromatic hydroxyl groups is 1. The van der Waals surface area contributed by atoms with Crippen LogP contribution in [-0.2, 0) is 0 Å². The monoisotopic (exact) mass is 397 g/mol. The van der Waals surface area contributed by atoms with Gasteiger partial charge in [-0.25, -0.2) is 5.43 Å². The summed E-state index contributed by atoms with van der Waals surface area (Å²) in [5, 5.41) is 13.7. The number of hydrogen-bond donors (Lipinski definition) is 3. The minimum absolute atomic E-state index is 0.0243. The SMILES string of the molecule is COc1ccc(-c2cc(N)c(C(=O)N/N=C/c3cc(OC)ccc3O)s2)cc1. The van der Waals surface area contributed by atoms with Crippen molar-refractivity contribution in [3.05, 3.63) is 59.0 Å². The second-order valence-electron chi connectivity index (χ2n) is 5.75. The molecule has 1 amide bonds. The van der Waals surface area contributed by atoms with Crippen LogP contribution in [0.25, 0.3) is 10.4 Å². The summed E-state index contributed by atoms with van der Waals surface area (Å²) in [7, 11) is 3.13. The van der Waals surface area contributed by atoms with Gasteiger partial charge in [-0.1, -0.05) is 0 Å². The van der Waals surface area contributed by atoms with Gasteiger partial charge in [0.25, 0.3) is 5.91 Å². The van der Waals surface area contributed by atoms with Gasteiger partial charge < -0.3 is 20.3 Å². The van der Waals surface area contributed by atoms with E-state index in [1.165, 1.54) is 30.7 Å². The summed E-state index contributed by atoms with van der Waals surface area (Å²) < 4.78 is 10.2. The molecule has 0 radical (unpaired) electrons. The number of carbonyl (C=O) groups excluding carboxylic acids is 1. The Morgan fingerprint density at radius 2 is 1.79 bits per heavy atom. The van der Waals surface area contributed by atoms with Crippen LogP contribution in [0.15, 0.2) is 53.6 Å². The van der Waals surface area contributed by atoms with Crippen molar-refractivity contribution in [2.75, 3.05) is 20.0 Å². The molecule has 1 aromatic heterocycles. The number of nitrogens with zero attached hydrogens (tertiary/aromatic N) is 1. The highest BCUT2D eigenvalue weighted by atomic mass is 32.1. The Morgan fingerprint density at radius 1 is 1.11 bits per heavy atom. The number of amides is 1. The first-order valence-electron chi connectivity index (χ1n) is 8.26. The third-order valence-electron chi connectivity index (χ3n) is 3.95. The van der Waals surface area contributed by atoms with Gasteiger partial charge in [0.05, 0.1) is 26.1 Å². The summed E-state index contributed by atoms with van der Waals surface area (Å²) in [5.41, 5.74) is 10.1. The molecule has 144 valence electrons. The summed E-state index contributed by atoms with van der Waals surface area (Å²) in [6, 6.07) is 13.9. The highest BCUT2D eigenvalue weighted by Crippen LogP contribution is 2.34. The zero-order valence-electron chi connectivity index (χ0n) is 15.3. The number of nitrogens with two attached hydrogens (primary N) is 1. The molecule has 0 fully saturated rings. The van der Waals surface area contributed by atoms with Gasteiger partial charge in [0, 0.05) is 10.4 Å². The van der Waals surface area contributed by atoms with Crippen LogP contribution in [0.2, 0.25) is 0 Å². The maximum Gasteiger partial charge on any atom is 0.283 e. The van der Waals surface area contributed by atoms with E-state index in [-0.39, 0.29) is 5.75 Å². The van der Waals surface area contributed by atoms with E-state index < -0.39 is 5.91 Å². The molecule has 0 unspecified atom stereocenters. The second-order valence-corrected chi connectivity index (χ2v) is 6.80. The Labute approximate surface area is 166 Å². The van der Waals surface area contributed by atoms with Crippen molar-refractivity contribution in [3.8, 4) is 27.7 Å². The van der Waals surface area contributed by atoms with E-state index >= 15 is 0 Å². The molecule has 7 nitrogen and oxygen atoms in total. The number of benzene rings is 2. The normalized spacial score (nSPS) is 10.8. The van der Waals surface area contributed by atoms with E-state index in [4.69, 9.17) is 15.2 Å². The topological polar surface area (TPSA) is 106 Å². The van der Waals surface area contributed by atoms with Gasteiger partial charge in [-0.3, -0.25) is 4.79 Å². The zero-order valence-corrected chi connectivity index (χ0v) is 16.1. The standard InChI is InChI=1S/C20H19N3O4S/c1-26-14-5-3-12(4-6-14)18-10-16(21)19(28-18)20(25)23-22-11-13-9-15(27-2)7-8-17(13)24/h3-11,24H,21H2,1-2H3,(H,23,25)/b22-11+. The van der Waals surface area contributed by atoms with E-state index in [9.17, 15) is 9.90 Å². The molecule has 0 saturated carbocycles. The van der Waals surface area contributed by atoms with Crippen LogP contribution in [-0.4, -0.2) is 31.4 Å². The predicted octanol–water partition coefficient (Wildman–Crippen LogP) is 3.48. The number of hydrogen-bond acceptors (Lipinski definition) is 7. The summed E-state index contributed by atoms with van der Waals surface area (Å²) in [6.07, 6.45) is 1.34. The fraction of sp³-hybridized carbons (Fsp3) is 0.100. The van der Waals surface area contributed by atoms with Crippen molar-refractivity contribution in [1.82, 2.24) is 5.43 Å². The van der Waals surface area contributed by atoms with E-state index in [0.717, 1.165) is 16.2 Å². The fourth-order valence-corrected chi connectivity index (χ4v) is 3.43. The number of methoxy groups -OCH3 is 2. The Kier molecular flexibility index (Phi) is 5.81. The molecule has 0 aliphatic rings. The third kappa shape index (κ3) is 4.24. The molecular weight excluding hydrogens is 378 g/mol. The maximum atomic E-state index is 12.4. The minimum atomic E-state index is -0.430. The number of phenolic OH excluding ortho intramolecular Hbond substituents is 1. The smallest absolute Gasteiger partial charge is 0.283 e. The van der Waals surface area contributed by atoms with Gasteiger partial charge in [0.15, 0.2) is 0 Å². The van der Waals surface area contributed by atoms with Crippen LogP contribution >= 0.6 is 11.3 Å². The molecule has 0 saturated heterocycles. The first-order valence-corrected chi connectivity index (χ1v) is 9.07. The Morgan fingerprint density at radius 3 is 2.46 bits per heavy atom. The summed E-state index contributed by atoms with van der Waals surface area (Å²) in [5.74, 6) is 0.913. The lowest BCUT2D eigenvalue weighted by atomic mass is 10.2.